The normalized spacial score (nSPS) is 25.7. The molecular weight excluding hydrogens is 348 g/mol. The van der Waals surface area contributed by atoms with E-state index in [2.05, 4.69) is 27.6 Å². The summed E-state index contributed by atoms with van der Waals surface area (Å²) in [7, 11) is 1.71. The first-order chi connectivity index (χ1) is 12.8. The number of anilines is 1. The molecular formula is C19H30N4O2S. The van der Waals surface area contributed by atoms with Gasteiger partial charge < -0.3 is 14.4 Å². The molecule has 0 amide bonds. The molecule has 0 bridgehead atoms. The van der Waals surface area contributed by atoms with Gasteiger partial charge in [-0.15, -0.1) is 0 Å². The van der Waals surface area contributed by atoms with Crippen molar-refractivity contribution in [3.8, 4) is 0 Å². The Morgan fingerprint density at radius 2 is 1.96 bits per heavy atom. The number of thioether (sulfide) groups is 1. The second kappa shape index (κ2) is 8.87. The average Bonchev–Trinajstić information content (AvgIpc) is 3.24. The summed E-state index contributed by atoms with van der Waals surface area (Å²) >= 11 is 2.09. The maximum atomic E-state index is 5.57. The van der Waals surface area contributed by atoms with Crippen LogP contribution in [0.5, 0.6) is 0 Å². The monoisotopic (exact) mass is 378 g/mol. The molecule has 3 fully saturated rings. The van der Waals surface area contributed by atoms with Crippen molar-refractivity contribution in [3.63, 3.8) is 0 Å². The van der Waals surface area contributed by atoms with Gasteiger partial charge in [0.25, 0.3) is 0 Å². The summed E-state index contributed by atoms with van der Waals surface area (Å²) in [5, 5.41) is 0. The molecule has 0 aliphatic carbocycles. The van der Waals surface area contributed by atoms with Gasteiger partial charge in [-0.25, -0.2) is 9.97 Å². The highest BCUT2D eigenvalue weighted by Crippen LogP contribution is 2.28. The van der Waals surface area contributed by atoms with Gasteiger partial charge in [0, 0.05) is 69.4 Å². The van der Waals surface area contributed by atoms with Crippen LogP contribution in [0.15, 0.2) is 6.07 Å². The molecule has 3 aliphatic heterocycles. The van der Waals surface area contributed by atoms with Gasteiger partial charge >= 0.3 is 0 Å². The van der Waals surface area contributed by atoms with Crippen molar-refractivity contribution in [2.75, 3.05) is 62.9 Å². The van der Waals surface area contributed by atoms with E-state index in [4.69, 9.17) is 19.4 Å². The Labute approximate surface area is 160 Å². The van der Waals surface area contributed by atoms with E-state index in [9.17, 15) is 0 Å². The Morgan fingerprint density at radius 3 is 2.65 bits per heavy atom. The molecule has 0 saturated carbocycles. The van der Waals surface area contributed by atoms with Crippen LogP contribution < -0.4 is 4.90 Å². The number of nitrogens with zero attached hydrogens (tertiary/aromatic N) is 4. The summed E-state index contributed by atoms with van der Waals surface area (Å²) in [6.45, 7) is 6.76. The first-order valence-electron chi connectivity index (χ1n) is 9.85. The molecule has 0 spiro atoms. The average molecular weight is 379 g/mol. The third-order valence-corrected chi connectivity index (χ3v) is 6.69. The number of rotatable bonds is 5. The topological polar surface area (TPSA) is 50.7 Å². The summed E-state index contributed by atoms with van der Waals surface area (Å²) < 4.78 is 10.9. The Balaban J connectivity index is 1.44. The minimum absolute atomic E-state index is 0.399. The lowest BCUT2D eigenvalue weighted by Gasteiger charge is -2.40. The van der Waals surface area contributed by atoms with E-state index >= 15 is 0 Å². The van der Waals surface area contributed by atoms with Crippen LogP contribution in [0, 0.1) is 0 Å². The lowest BCUT2D eigenvalue weighted by molar-refractivity contribution is 0.176. The quantitative estimate of drug-likeness (QED) is 0.778. The van der Waals surface area contributed by atoms with Crippen molar-refractivity contribution in [1.29, 1.82) is 0 Å². The predicted octanol–water partition coefficient (Wildman–Crippen LogP) is 2.14. The maximum Gasteiger partial charge on any atom is 0.156 e. The number of hydrogen-bond donors (Lipinski definition) is 0. The van der Waals surface area contributed by atoms with Gasteiger partial charge in [-0.2, -0.15) is 11.8 Å². The zero-order chi connectivity index (χ0) is 17.8. The van der Waals surface area contributed by atoms with Gasteiger partial charge in [0.2, 0.25) is 0 Å². The Hall–Kier alpha value is -0.890. The summed E-state index contributed by atoms with van der Waals surface area (Å²) in [4.78, 5) is 14.7. The molecule has 1 aromatic rings. The Kier molecular flexibility index (Phi) is 6.30. The maximum absolute atomic E-state index is 5.57. The number of aromatic nitrogens is 2. The van der Waals surface area contributed by atoms with Gasteiger partial charge in [-0.3, -0.25) is 4.90 Å². The van der Waals surface area contributed by atoms with E-state index in [0.717, 1.165) is 56.1 Å². The van der Waals surface area contributed by atoms with Gasteiger partial charge in [-0.05, 0) is 19.3 Å². The van der Waals surface area contributed by atoms with Crippen LogP contribution in [-0.2, 0) is 16.1 Å². The molecule has 0 N–H and O–H groups in total. The second-order valence-corrected chi connectivity index (χ2v) is 8.65. The molecule has 4 heterocycles. The molecule has 1 atom stereocenters. The summed E-state index contributed by atoms with van der Waals surface area (Å²) in [6, 6.07) is 2.94. The largest absolute Gasteiger partial charge is 0.381 e. The van der Waals surface area contributed by atoms with Crippen molar-refractivity contribution in [1.82, 2.24) is 14.9 Å². The minimum Gasteiger partial charge on any atom is -0.381 e. The second-order valence-electron chi connectivity index (χ2n) is 7.43. The Morgan fingerprint density at radius 1 is 1.15 bits per heavy atom. The van der Waals surface area contributed by atoms with E-state index < -0.39 is 0 Å². The number of piperidine rings is 1. The zero-order valence-corrected chi connectivity index (χ0v) is 16.5. The molecule has 3 saturated heterocycles. The van der Waals surface area contributed by atoms with E-state index in [1.165, 1.54) is 37.4 Å². The number of hydrogen-bond acceptors (Lipinski definition) is 7. The number of methoxy groups -OCH3 is 1. The molecule has 144 valence electrons. The highest BCUT2D eigenvalue weighted by molar-refractivity contribution is 7.99. The fourth-order valence-corrected chi connectivity index (χ4v) is 5.17. The standard InChI is InChI=1S/C19H30N4O2S/c1-24-14-18-20-17(15-4-9-25-13-15)12-19(21-18)23-5-2-16(3-6-23)22-7-10-26-11-8-22/h12,15-16H,2-11,13-14H2,1H3/t15-/m1/s1. The van der Waals surface area contributed by atoms with Gasteiger partial charge in [0.1, 0.15) is 12.4 Å². The predicted molar refractivity (Wildman–Crippen MR) is 105 cm³/mol. The molecule has 1 aromatic heterocycles. The molecule has 0 unspecified atom stereocenters. The molecule has 26 heavy (non-hydrogen) atoms. The van der Waals surface area contributed by atoms with Gasteiger partial charge in [0.05, 0.1) is 12.3 Å². The van der Waals surface area contributed by atoms with Crippen molar-refractivity contribution in [2.24, 2.45) is 0 Å². The molecule has 0 radical (unpaired) electrons. The summed E-state index contributed by atoms with van der Waals surface area (Å²) in [6.07, 6.45) is 3.52. The van der Waals surface area contributed by atoms with Crippen LogP contribution in [0.4, 0.5) is 5.82 Å². The third-order valence-electron chi connectivity index (χ3n) is 5.75. The van der Waals surface area contributed by atoms with E-state index in [1.54, 1.807) is 7.11 Å². The van der Waals surface area contributed by atoms with Crippen molar-refractivity contribution in [3.05, 3.63) is 17.6 Å². The molecule has 7 heteroatoms. The number of ether oxygens (including phenoxy) is 2. The van der Waals surface area contributed by atoms with Crippen LogP contribution in [-0.4, -0.2) is 78.9 Å². The van der Waals surface area contributed by atoms with Crippen LogP contribution >= 0.6 is 11.8 Å². The van der Waals surface area contributed by atoms with Crippen molar-refractivity contribution < 1.29 is 9.47 Å². The van der Waals surface area contributed by atoms with E-state index in [0.29, 0.717) is 12.5 Å². The van der Waals surface area contributed by atoms with Crippen LogP contribution in [0.3, 0.4) is 0 Å². The summed E-state index contributed by atoms with van der Waals surface area (Å²) in [5.74, 6) is 4.85. The van der Waals surface area contributed by atoms with Crippen LogP contribution in [0.2, 0.25) is 0 Å². The fourth-order valence-electron chi connectivity index (χ4n) is 4.24. The zero-order valence-electron chi connectivity index (χ0n) is 15.7. The first-order valence-corrected chi connectivity index (χ1v) is 11.0. The van der Waals surface area contributed by atoms with Crippen molar-refractivity contribution >= 4 is 17.6 Å². The van der Waals surface area contributed by atoms with E-state index in [1.807, 2.05) is 0 Å². The minimum atomic E-state index is 0.399. The van der Waals surface area contributed by atoms with Gasteiger partial charge in [-0.1, -0.05) is 0 Å². The van der Waals surface area contributed by atoms with Crippen LogP contribution in [0.25, 0.3) is 0 Å². The molecule has 3 aliphatic rings. The SMILES string of the molecule is COCc1nc([C@@H]2CCOC2)cc(N2CCC(N3CCSCC3)CC2)n1. The van der Waals surface area contributed by atoms with Gasteiger partial charge in [0.15, 0.2) is 5.82 Å². The fraction of sp³-hybridized carbons (Fsp3) is 0.789. The smallest absolute Gasteiger partial charge is 0.156 e. The first kappa shape index (κ1) is 18.5. The third kappa shape index (κ3) is 4.32. The van der Waals surface area contributed by atoms with Crippen LogP contribution in [0.1, 0.15) is 36.7 Å². The van der Waals surface area contributed by atoms with E-state index in [-0.39, 0.29) is 0 Å². The lowest BCUT2D eigenvalue weighted by atomic mass is 10.0. The Bertz CT molecular complexity index is 583. The lowest BCUT2D eigenvalue weighted by Crippen LogP contribution is -2.48. The molecule has 6 nitrogen and oxygen atoms in total. The summed E-state index contributed by atoms with van der Waals surface area (Å²) in [5.41, 5.74) is 1.12. The highest BCUT2D eigenvalue weighted by atomic mass is 32.2. The van der Waals surface area contributed by atoms with Crippen molar-refractivity contribution in [2.45, 2.75) is 37.8 Å². The molecule has 0 aromatic carbocycles. The highest BCUT2D eigenvalue weighted by Gasteiger charge is 2.27. The molecule has 4 rings (SSSR count).